The first-order valence-electron chi connectivity index (χ1n) is 12.4. The van der Waals surface area contributed by atoms with Crippen LogP contribution in [0.1, 0.15) is 58.1 Å². The largest absolute Gasteiger partial charge is 0.385 e. The predicted molar refractivity (Wildman–Crippen MR) is 134 cm³/mol. The van der Waals surface area contributed by atoms with E-state index >= 15 is 0 Å². The average Bonchev–Trinajstić information content (AvgIpc) is 3.42. The highest BCUT2D eigenvalue weighted by Gasteiger charge is 2.44. The summed E-state index contributed by atoms with van der Waals surface area (Å²) in [4.78, 5) is 55.1. The summed E-state index contributed by atoms with van der Waals surface area (Å²) in [7, 11) is 0. The summed E-state index contributed by atoms with van der Waals surface area (Å²) >= 11 is 0. The summed E-state index contributed by atoms with van der Waals surface area (Å²) in [5.41, 5.74) is 4.21. The van der Waals surface area contributed by atoms with Gasteiger partial charge in [0, 0.05) is 36.1 Å². The Hall–Kier alpha value is -4.34. The van der Waals surface area contributed by atoms with Gasteiger partial charge in [-0.05, 0) is 62.4 Å². The number of aromatic nitrogens is 3. The van der Waals surface area contributed by atoms with E-state index < -0.39 is 23.8 Å². The van der Waals surface area contributed by atoms with Crippen molar-refractivity contribution in [3.63, 3.8) is 0 Å². The van der Waals surface area contributed by atoms with Crippen LogP contribution in [-0.2, 0) is 9.59 Å². The second-order valence-electron chi connectivity index (χ2n) is 9.95. The second-order valence-corrected chi connectivity index (χ2v) is 9.95. The van der Waals surface area contributed by atoms with Crippen molar-refractivity contribution in [3.05, 3.63) is 65.6 Å². The average molecular weight is 499 g/mol. The lowest BCUT2D eigenvalue weighted by Gasteiger charge is -2.35. The van der Waals surface area contributed by atoms with Crippen molar-refractivity contribution in [1.29, 1.82) is 0 Å². The van der Waals surface area contributed by atoms with Gasteiger partial charge in [-0.2, -0.15) is 5.10 Å². The third-order valence-electron chi connectivity index (χ3n) is 7.41. The normalized spacial score (nSPS) is 23.1. The lowest BCUT2D eigenvalue weighted by molar-refractivity contribution is -0.136. The van der Waals surface area contributed by atoms with E-state index in [0.717, 1.165) is 46.9 Å². The molecule has 2 N–H and O–H groups in total. The lowest BCUT2D eigenvalue weighted by atomic mass is 9.80. The topological polar surface area (TPSA) is 126 Å². The highest BCUT2D eigenvalue weighted by atomic mass is 16.2. The molecule has 3 aliphatic rings. The van der Waals surface area contributed by atoms with Gasteiger partial charge in [0.25, 0.3) is 11.8 Å². The predicted octanol–water partition coefficient (Wildman–Crippen LogP) is 2.72. The number of piperidine rings is 1. The Balaban J connectivity index is 1.06. The molecule has 4 amide bonds. The van der Waals surface area contributed by atoms with Gasteiger partial charge in [0.1, 0.15) is 6.04 Å². The van der Waals surface area contributed by atoms with Gasteiger partial charge >= 0.3 is 0 Å². The summed E-state index contributed by atoms with van der Waals surface area (Å²) in [6.45, 7) is 2.71. The third kappa shape index (κ3) is 4.18. The molecule has 4 heterocycles. The van der Waals surface area contributed by atoms with Gasteiger partial charge in [-0.1, -0.05) is 6.07 Å². The van der Waals surface area contributed by atoms with Gasteiger partial charge in [0.2, 0.25) is 11.8 Å². The van der Waals surface area contributed by atoms with Crippen molar-refractivity contribution >= 4 is 29.3 Å². The summed E-state index contributed by atoms with van der Waals surface area (Å²) < 4.78 is 2.01. The Bertz CT molecular complexity index is 1440. The van der Waals surface area contributed by atoms with Crippen molar-refractivity contribution in [1.82, 2.24) is 25.0 Å². The van der Waals surface area contributed by atoms with E-state index in [2.05, 4.69) is 20.7 Å². The molecule has 10 heteroatoms. The Morgan fingerprint density at radius 2 is 1.86 bits per heavy atom. The maximum Gasteiger partial charge on any atom is 0.262 e. The molecule has 6 rings (SSSR count). The molecule has 1 aliphatic carbocycles. The van der Waals surface area contributed by atoms with Crippen LogP contribution in [0.15, 0.2) is 48.8 Å². The first-order valence-corrected chi connectivity index (χ1v) is 12.4. The monoisotopic (exact) mass is 498 g/mol. The number of benzene rings is 1. The maximum atomic E-state index is 13.0. The lowest BCUT2D eigenvalue weighted by Crippen LogP contribution is -2.54. The molecule has 1 atom stereocenters. The van der Waals surface area contributed by atoms with Crippen LogP contribution in [0.4, 0.5) is 5.69 Å². The van der Waals surface area contributed by atoms with Gasteiger partial charge in [0.15, 0.2) is 0 Å². The van der Waals surface area contributed by atoms with E-state index in [0.29, 0.717) is 12.0 Å². The number of imide groups is 2. The summed E-state index contributed by atoms with van der Waals surface area (Å²) in [6, 6.07) is 10.4. The molecule has 1 saturated heterocycles. The van der Waals surface area contributed by atoms with Crippen LogP contribution < -0.4 is 10.6 Å². The molecule has 10 nitrogen and oxygen atoms in total. The highest BCUT2D eigenvalue weighted by Crippen LogP contribution is 2.38. The number of anilines is 1. The standard InChI is InChI=1S/C27H26N6O4/c1-15-3-2-4-22(30-15)17-13-29-32(14-17)19-9-16(10-19)12-28-18-5-6-20-21(11-18)27(37)33(26(20)36)23-7-8-24(34)31-25(23)35/h2-6,11,13-14,16,19,23,28H,7-10,12H2,1H3,(H,31,34,35)/t16-,19-,23?. The molecule has 3 aromatic rings. The SMILES string of the molecule is Cc1cccc(-c2cnn([C@H]3C[C@H](CNc4ccc5c(c4)C(=O)N(C4CCC(=O)NC4=O)C5=O)C3)c2)n1. The van der Waals surface area contributed by atoms with Gasteiger partial charge < -0.3 is 5.32 Å². The highest BCUT2D eigenvalue weighted by molar-refractivity contribution is 6.23. The van der Waals surface area contributed by atoms with Crippen LogP contribution in [0.25, 0.3) is 11.3 Å². The molecule has 1 saturated carbocycles. The van der Waals surface area contributed by atoms with E-state index in [9.17, 15) is 19.2 Å². The van der Waals surface area contributed by atoms with Gasteiger partial charge in [-0.3, -0.25) is 39.1 Å². The molecule has 0 bridgehead atoms. The molecule has 188 valence electrons. The zero-order chi connectivity index (χ0) is 25.7. The number of carbonyl (C=O) groups is 4. The Morgan fingerprint density at radius 1 is 1.05 bits per heavy atom. The van der Waals surface area contributed by atoms with Crippen LogP contribution in [-0.4, -0.2) is 55.9 Å². The van der Waals surface area contributed by atoms with Gasteiger partial charge in [-0.15, -0.1) is 0 Å². The molecular formula is C27H26N6O4. The van der Waals surface area contributed by atoms with Crippen molar-refractivity contribution in [2.24, 2.45) is 5.92 Å². The fourth-order valence-electron chi connectivity index (χ4n) is 5.30. The summed E-state index contributed by atoms with van der Waals surface area (Å²) in [6.07, 6.45) is 6.12. The number of amides is 4. The zero-order valence-electron chi connectivity index (χ0n) is 20.3. The minimum absolute atomic E-state index is 0.0989. The number of aryl methyl sites for hydroxylation is 1. The number of rotatable bonds is 6. The minimum Gasteiger partial charge on any atom is -0.385 e. The number of hydrogen-bond acceptors (Lipinski definition) is 7. The molecule has 2 aromatic heterocycles. The number of pyridine rings is 1. The molecule has 0 spiro atoms. The van der Waals surface area contributed by atoms with Crippen molar-refractivity contribution in [2.75, 3.05) is 11.9 Å². The van der Waals surface area contributed by atoms with E-state index in [1.54, 1.807) is 18.2 Å². The van der Waals surface area contributed by atoms with Gasteiger partial charge in [0.05, 0.1) is 29.1 Å². The molecular weight excluding hydrogens is 472 g/mol. The van der Waals surface area contributed by atoms with Crippen molar-refractivity contribution in [3.8, 4) is 11.3 Å². The van der Waals surface area contributed by atoms with Crippen molar-refractivity contribution in [2.45, 2.75) is 44.7 Å². The second kappa shape index (κ2) is 8.95. The van der Waals surface area contributed by atoms with Crippen LogP contribution in [0.3, 0.4) is 0 Å². The molecule has 2 fully saturated rings. The molecule has 0 radical (unpaired) electrons. The maximum absolute atomic E-state index is 13.0. The number of fused-ring (bicyclic) bond motifs is 1. The fraction of sp³-hybridized carbons (Fsp3) is 0.333. The van der Waals surface area contributed by atoms with E-state index in [1.165, 1.54) is 0 Å². The van der Waals surface area contributed by atoms with Crippen molar-refractivity contribution < 1.29 is 19.2 Å². The molecule has 37 heavy (non-hydrogen) atoms. The summed E-state index contributed by atoms with van der Waals surface area (Å²) in [5, 5.41) is 10.1. The van der Waals surface area contributed by atoms with Crippen LogP contribution in [0.2, 0.25) is 0 Å². The first kappa shape index (κ1) is 23.1. The number of hydrogen-bond donors (Lipinski definition) is 2. The zero-order valence-corrected chi connectivity index (χ0v) is 20.3. The van der Waals surface area contributed by atoms with E-state index in [4.69, 9.17) is 0 Å². The molecule has 2 aliphatic heterocycles. The Kier molecular flexibility index (Phi) is 5.58. The Labute approximate surface area is 213 Å². The number of carbonyl (C=O) groups excluding carboxylic acids is 4. The minimum atomic E-state index is -0.960. The molecule has 1 aromatic carbocycles. The van der Waals surface area contributed by atoms with Crippen LogP contribution >= 0.6 is 0 Å². The number of nitrogens with zero attached hydrogens (tertiary/aromatic N) is 4. The smallest absolute Gasteiger partial charge is 0.262 e. The van der Waals surface area contributed by atoms with Gasteiger partial charge in [-0.25, -0.2) is 0 Å². The third-order valence-corrected chi connectivity index (χ3v) is 7.41. The Morgan fingerprint density at radius 3 is 2.65 bits per heavy atom. The summed E-state index contributed by atoms with van der Waals surface area (Å²) in [5.74, 6) is -1.54. The van der Waals surface area contributed by atoms with Crippen LogP contribution in [0, 0.1) is 12.8 Å². The van der Waals surface area contributed by atoms with E-state index in [1.807, 2.05) is 42.2 Å². The molecule has 1 unspecified atom stereocenters. The quantitative estimate of drug-likeness (QED) is 0.501. The van der Waals surface area contributed by atoms with E-state index in [-0.39, 0.29) is 29.9 Å². The fourth-order valence-corrected chi connectivity index (χ4v) is 5.30. The number of nitrogens with one attached hydrogen (secondary N) is 2. The van der Waals surface area contributed by atoms with Crippen LogP contribution in [0.5, 0.6) is 0 Å². The first-order chi connectivity index (χ1) is 17.9.